The van der Waals surface area contributed by atoms with Crippen LogP contribution < -0.4 is 5.32 Å². The third kappa shape index (κ3) is 4.20. The largest absolute Gasteiger partial charge is 0.323 e. The van der Waals surface area contributed by atoms with E-state index in [4.69, 9.17) is 23.2 Å². The molecule has 0 atom stereocenters. The van der Waals surface area contributed by atoms with Crippen LogP contribution in [0.5, 0.6) is 0 Å². The average molecular weight is 410 g/mol. The van der Waals surface area contributed by atoms with Crippen LogP contribution >= 0.6 is 35.0 Å². The molecule has 26 heavy (non-hydrogen) atoms. The number of carbonyl (C=O) groups excluding carboxylic acids is 1. The first kappa shape index (κ1) is 18.8. The van der Waals surface area contributed by atoms with Crippen molar-refractivity contribution in [2.45, 2.75) is 12.1 Å². The zero-order valence-electron chi connectivity index (χ0n) is 13.7. The van der Waals surface area contributed by atoms with E-state index in [-0.39, 0.29) is 17.5 Å². The molecule has 0 unspecified atom stereocenters. The Bertz CT molecular complexity index is 961. The van der Waals surface area contributed by atoms with E-state index in [9.17, 15) is 9.18 Å². The van der Waals surface area contributed by atoms with Crippen molar-refractivity contribution in [3.8, 4) is 5.69 Å². The van der Waals surface area contributed by atoms with Crippen LogP contribution in [0.4, 0.5) is 10.1 Å². The van der Waals surface area contributed by atoms with Crippen molar-refractivity contribution in [1.82, 2.24) is 9.55 Å². The lowest BCUT2D eigenvalue weighted by Crippen LogP contribution is -2.15. The van der Waals surface area contributed by atoms with E-state index < -0.39 is 0 Å². The molecule has 134 valence electrons. The summed E-state index contributed by atoms with van der Waals surface area (Å²) in [4.78, 5) is 16.5. The molecule has 0 aliphatic heterocycles. The fourth-order valence-electron chi connectivity index (χ4n) is 2.30. The van der Waals surface area contributed by atoms with Crippen molar-refractivity contribution in [3.05, 3.63) is 70.2 Å². The highest BCUT2D eigenvalue weighted by Crippen LogP contribution is 2.33. The summed E-state index contributed by atoms with van der Waals surface area (Å²) in [6, 6.07) is 9.62. The molecule has 0 saturated heterocycles. The van der Waals surface area contributed by atoms with Gasteiger partial charge in [-0.3, -0.25) is 9.36 Å². The highest BCUT2D eigenvalue weighted by molar-refractivity contribution is 7.99. The van der Waals surface area contributed by atoms with Gasteiger partial charge in [-0.15, -0.1) is 0 Å². The molecule has 0 bridgehead atoms. The van der Waals surface area contributed by atoms with E-state index in [1.54, 1.807) is 41.2 Å². The minimum Gasteiger partial charge on any atom is -0.323 e. The number of hydrogen-bond acceptors (Lipinski definition) is 3. The Morgan fingerprint density at radius 2 is 2.12 bits per heavy atom. The number of imidazole rings is 1. The number of carbonyl (C=O) groups is 1. The second kappa shape index (κ2) is 8.12. The summed E-state index contributed by atoms with van der Waals surface area (Å²) in [5.41, 5.74) is 1.85. The van der Waals surface area contributed by atoms with Crippen LogP contribution in [-0.2, 0) is 4.79 Å². The van der Waals surface area contributed by atoms with Gasteiger partial charge < -0.3 is 5.32 Å². The van der Waals surface area contributed by atoms with E-state index in [1.807, 2.05) is 6.92 Å². The minimum absolute atomic E-state index is 0.104. The standard InChI is InChI=1S/C18H14Cl2FN3OS/c1-11-5-6-14(19)17(16(11)20)23-15(25)10-26-18-22-7-8-24(18)13-4-2-3-12(21)9-13/h2-9H,10H2,1H3,(H,23,25). The van der Waals surface area contributed by atoms with Crippen LogP contribution in [0.2, 0.25) is 10.0 Å². The smallest absolute Gasteiger partial charge is 0.234 e. The van der Waals surface area contributed by atoms with Crippen molar-refractivity contribution >= 4 is 46.6 Å². The molecule has 2 aromatic carbocycles. The van der Waals surface area contributed by atoms with Gasteiger partial charge in [0.15, 0.2) is 5.16 Å². The number of halogens is 3. The first-order chi connectivity index (χ1) is 12.5. The normalized spacial score (nSPS) is 10.8. The van der Waals surface area contributed by atoms with Gasteiger partial charge in [-0.1, -0.05) is 47.1 Å². The van der Waals surface area contributed by atoms with Crippen molar-refractivity contribution in [2.75, 3.05) is 11.1 Å². The number of nitrogens with zero attached hydrogens (tertiary/aromatic N) is 2. The second-order valence-electron chi connectivity index (χ2n) is 5.45. The Labute approximate surface area is 164 Å². The number of aromatic nitrogens is 2. The number of aryl methyl sites for hydroxylation is 1. The van der Waals surface area contributed by atoms with E-state index in [2.05, 4.69) is 10.3 Å². The van der Waals surface area contributed by atoms with Crippen LogP contribution in [0.1, 0.15) is 5.56 Å². The van der Waals surface area contributed by atoms with Gasteiger partial charge in [0.05, 0.1) is 27.2 Å². The van der Waals surface area contributed by atoms with Gasteiger partial charge in [0, 0.05) is 12.4 Å². The minimum atomic E-state index is -0.339. The zero-order chi connectivity index (χ0) is 18.7. The van der Waals surface area contributed by atoms with E-state index >= 15 is 0 Å². The Balaban J connectivity index is 1.70. The summed E-state index contributed by atoms with van der Waals surface area (Å²) in [6.45, 7) is 1.83. The number of nitrogens with one attached hydrogen (secondary N) is 1. The Hall–Kier alpha value is -2.02. The number of amides is 1. The summed E-state index contributed by atoms with van der Waals surface area (Å²) < 4.78 is 15.1. The Morgan fingerprint density at radius 1 is 1.31 bits per heavy atom. The number of thioether (sulfide) groups is 1. The number of rotatable bonds is 5. The highest BCUT2D eigenvalue weighted by atomic mass is 35.5. The Kier molecular flexibility index (Phi) is 5.86. The van der Waals surface area contributed by atoms with E-state index in [0.717, 1.165) is 5.56 Å². The monoisotopic (exact) mass is 409 g/mol. The predicted octanol–water partition coefficient (Wildman–Crippen LogP) is 5.36. The topological polar surface area (TPSA) is 46.9 Å². The summed E-state index contributed by atoms with van der Waals surface area (Å²) in [7, 11) is 0. The van der Waals surface area contributed by atoms with Crippen molar-refractivity contribution in [3.63, 3.8) is 0 Å². The van der Waals surface area contributed by atoms with Crippen LogP contribution in [0.15, 0.2) is 53.9 Å². The lowest BCUT2D eigenvalue weighted by molar-refractivity contribution is -0.113. The predicted molar refractivity (Wildman–Crippen MR) is 104 cm³/mol. The van der Waals surface area contributed by atoms with Gasteiger partial charge in [0.2, 0.25) is 5.91 Å². The molecule has 1 heterocycles. The molecule has 3 aromatic rings. The second-order valence-corrected chi connectivity index (χ2v) is 7.18. The zero-order valence-corrected chi connectivity index (χ0v) is 16.0. The SMILES string of the molecule is Cc1ccc(Cl)c(NC(=O)CSc2nccn2-c2cccc(F)c2)c1Cl. The molecule has 0 aliphatic rings. The van der Waals surface area contributed by atoms with Crippen molar-refractivity contribution < 1.29 is 9.18 Å². The summed E-state index contributed by atoms with van der Waals surface area (Å²) >= 11 is 13.5. The molecular weight excluding hydrogens is 396 g/mol. The van der Waals surface area contributed by atoms with Crippen molar-refractivity contribution in [2.24, 2.45) is 0 Å². The summed E-state index contributed by atoms with van der Waals surface area (Å²) in [5.74, 6) is -0.501. The summed E-state index contributed by atoms with van der Waals surface area (Å²) in [6.07, 6.45) is 3.31. The molecule has 1 amide bonds. The number of hydrogen-bond donors (Lipinski definition) is 1. The molecule has 4 nitrogen and oxygen atoms in total. The van der Waals surface area contributed by atoms with Gasteiger partial charge in [-0.25, -0.2) is 9.37 Å². The van der Waals surface area contributed by atoms with Gasteiger partial charge in [0.25, 0.3) is 0 Å². The maximum atomic E-state index is 13.4. The molecule has 0 fully saturated rings. The molecule has 0 aliphatic carbocycles. The first-order valence-corrected chi connectivity index (χ1v) is 9.36. The van der Waals surface area contributed by atoms with E-state index in [0.29, 0.717) is 26.6 Å². The number of benzene rings is 2. The highest BCUT2D eigenvalue weighted by Gasteiger charge is 2.14. The maximum absolute atomic E-state index is 13.4. The van der Waals surface area contributed by atoms with Crippen molar-refractivity contribution in [1.29, 1.82) is 0 Å². The van der Waals surface area contributed by atoms with Gasteiger partial charge in [0.1, 0.15) is 5.82 Å². The van der Waals surface area contributed by atoms with Crippen LogP contribution in [0.25, 0.3) is 5.69 Å². The summed E-state index contributed by atoms with van der Waals surface area (Å²) in [5, 5.41) is 4.09. The van der Waals surface area contributed by atoms with Gasteiger partial charge >= 0.3 is 0 Å². The molecule has 3 rings (SSSR count). The molecule has 0 saturated carbocycles. The Morgan fingerprint density at radius 3 is 2.88 bits per heavy atom. The fourth-order valence-corrected chi connectivity index (χ4v) is 3.53. The molecule has 0 radical (unpaired) electrons. The average Bonchev–Trinajstić information content (AvgIpc) is 3.09. The lowest BCUT2D eigenvalue weighted by Gasteiger charge is -2.11. The fraction of sp³-hybridized carbons (Fsp3) is 0.111. The molecular formula is C18H14Cl2FN3OS. The lowest BCUT2D eigenvalue weighted by atomic mass is 10.2. The first-order valence-electron chi connectivity index (χ1n) is 7.62. The van der Waals surface area contributed by atoms with Crippen LogP contribution in [0, 0.1) is 12.7 Å². The molecule has 1 N–H and O–H groups in total. The van der Waals surface area contributed by atoms with Gasteiger partial charge in [-0.2, -0.15) is 0 Å². The molecule has 8 heteroatoms. The quantitative estimate of drug-likeness (QED) is 0.577. The molecule has 1 aromatic heterocycles. The van der Waals surface area contributed by atoms with E-state index in [1.165, 1.54) is 23.9 Å². The number of anilines is 1. The maximum Gasteiger partial charge on any atom is 0.234 e. The third-order valence-corrected chi connectivity index (χ3v) is 5.34. The molecule has 0 spiro atoms. The van der Waals surface area contributed by atoms with Crippen LogP contribution in [-0.4, -0.2) is 21.2 Å². The van der Waals surface area contributed by atoms with Gasteiger partial charge in [-0.05, 0) is 36.8 Å². The third-order valence-electron chi connectivity index (χ3n) is 3.57. The van der Waals surface area contributed by atoms with Crippen LogP contribution in [0.3, 0.4) is 0 Å².